The summed E-state index contributed by atoms with van der Waals surface area (Å²) in [4.78, 5) is 37.7. The number of hydrogen-bond donors (Lipinski definition) is 3. The molecule has 3 N–H and O–H groups in total. The van der Waals surface area contributed by atoms with E-state index in [2.05, 4.69) is 10.6 Å². The Kier molecular flexibility index (Phi) is 8.70. The molecule has 0 radical (unpaired) electrons. The second-order valence-electron chi connectivity index (χ2n) is 7.29. The van der Waals surface area contributed by atoms with Crippen LogP contribution in [0, 0.1) is 0 Å². The van der Waals surface area contributed by atoms with E-state index in [-0.39, 0.29) is 22.3 Å². The largest absolute Gasteiger partial charge is 0.494 e. The van der Waals surface area contributed by atoms with Crippen molar-refractivity contribution in [1.82, 2.24) is 0 Å². The van der Waals surface area contributed by atoms with Crippen molar-refractivity contribution in [2.45, 2.75) is 30.4 Å². The van der Waals surface area contributed by atoms with Crippen molar-refractivity contribution in [3.8, 4) is 5.75 Å². The highest BCUT2D eigenvalue weighted by Crippen LogP contribution is 2.29. The summed E-state index contributed by atoms with van der Waals surface area (Å²) in [6.07, 6.45) is 0.607. The van der Waals surface area contributed by atoms with Crippen LogP contribution in [-0.2, 0) is 4.79 Å². The summed E-state index contributed by atoms with van der Waals surface area (Å²) < 4.78 is 5.42. The summed E-state index contributed by atoms with van der Waals surface area (Å²) in [5.41, 5.74) is 1.21. The Morgan fingerprint density at radius 2 is 1.59 bits per heavy atom. The van der Waals surface area contributed by atoms with Gasteiger partial charge < -0.3 is 20.5 Å². The molecule has 0 saturated carbocycles. The van der Waals surface area contributed by atoms with E-state index in [9.17, 15) is 19.5 Å². The van der Waals surface area contributed by atoms with Crippen LogP contribution in [0.1, 0.15) is 41.0 Å². The Labute approximate surface area is 202 Å². The fourth-order valence-corrected chi connectivity index (χ4v) is 4.24. The number of carbonyl (C=O) groups is 3. The maximum absolute atomic E-state index is 12.8. The predicted molar refractivity (Wildman–Crippen MR) is 134 cm³/mol. The fourth-order valence-electron chi connectivity index (χ4n) is 3.22. The zero-order chi connectivity index (χ0) is 24.5. The minimum Gasteiger partial charge on any atom is -0.494 e. The lowest BCUT2D eigenvalue weighted by Gasteiger charge is -2.16. The van der Waals surface area contributed by atoms with E-state index in [0.29, 0.717) is 24.4 Å². The Bertz CT molecular complexity index is 1160. The first-order valence-corrected chi connectivity index (χ1v) is 11.7. The van der Waals surface area contributed by atoms with E-state index in [1.54, 1.807) is 42.5 Å². The smallest absolute Gasteiger partial charge is 0.336 e. The average Bonchev–Trinajstić information content (AvgIpc) is 2.84. The minimum atomic E-state index is -1.17. The van der Waals surface area contributed by atoms with Gasteiger partial charge in [0.25, 0.3) is 5.91 Å². The van der Waals surface area contributed by atoms with Crippen molar-refractivity contribution in [2.24, 2.45) is 0 Å². The molecule has 0 heterocycles. The zero-order valence-electron chi connectivity index (χ0n) is 18.9. The van der Waals surface area contributed by atoms with Crippen molar-refractivity contribution in [3.63, 3.8) is 0 Å². The molecule has 34 heavy (non-hydrogen) atoms. The standard InChI is InChI=1S/C26H26N2O5S/c1-3-23(25(30)27-17-12-14-19(15-13-17)33-4-2)34-20-9-7-8-18(16-20)28-24(29)21-10-5-6-11-22(21)26(31)32/h5-16,23H,3-4H2,1-2H3,(H,27,30)(H,28,29)(H,31,32). The third-order valence-electron chi connectivity index (χ3n) is 4.87. The molecule has 3 aromatic carbocycles. The Balaban J connectivity index is 1.66. The van der Waals surface area contributed by atoms with Crippen molar-refractivity contribution in [1.29, 1.82) is 0 Å². The van der Waals surface area contributed by atoms with E-state index in [1.165, 1.54) is 23.9 Å². The maximum Gasteiger partial charge on any atom is 0.336 e. The van der Waals surface area contributed by atoms with Crippen LogP contribution >= 0.6 is 11.8 Å². The molecule has 1 atom stereocenters. The molecule has 1 unspecified atom stereocenters. The number of amides is 2. The maximum atomic E-state index is 12.8. The third-order valence-corrected chi connectivity index (χ3v) is 6.23. The molecule has 2 amide bonds. The molecule has 0 bridgehead atoms. The fraction of sp³-hybridized carbons (Fsp3) is 0.192. The molecule has 0 aliphatic heterocycles. The van der Waals surface area contributed by atoms with E-state index in [4.69, 9.17) is 4.74 Å². The summed E-state index contributed by atoms with van der Waals surface area (Å²) in [6, 6.07) is 20.4. The van der Waals surface area contributed by atoms with Crippen LogP contribution in [0.2, 0.25) is 0 Å². The molecule has 0 fully saturated rings. The molecule has 0 spiro atoms. The van der Waals surface area contributed by atoms with Gasteiger partial charge in [-0.1, -0.05) is 25.1 Å². The van der Waals surface area contributed by atoms with Gasteiger partial charge in [0.1, 0.15) is 5.75 Å². The van der Waals surface area contributed by atoms with Crippen molar-refractivity contribution in [2.75, 3.05) is 17.2 Å². The van der Waals surface area contributed by atoms with Crippen LogP contribution in [0.5, 0.6) is 5.75 Å². The number of thioether (sulfide) groups is 1. The number of carboxylic acid groups (broad SMARTS) is 1. The van der Waals surface area contributed by atoms with Gasteiger partial charge in [-0.25, -0.2) is 4.79 Å². The molecule has 0 saturated heterocycles. The first kappa shape index (κ1) is 24.9. The minimum absolute atomic E-state index is 0.0671. The van der Waals surface area contributed by atoms with Gasteiger partial charge in [-0.2, -0.15) is 0 Å². The summed E-state index contributed by atoms with van der Waals surface area (Å²) in [6.45, 7) is 4.42. The molecule has 3 aromatic rings. The first-order valence-electron chi connectivity index (χ1n) is 10.8. The van der Waals surface area contributed by atoms with Gasteiger partial charge in [0, 0.05) is 16.3 Å². The van der Waals surface area contributed by atoms with Gasteiger partial charge >= 0.3 is 5.97 Å². The van der Waals surface area contributed by atoms with Gasteiger partial charge in [0.2, 0.25) is 5.91 Å². The van der Waals surface area contributed by atoms with Gasteiger partial charge in [-0.15, -0.1) is 11.8 Å². The number of hydrogen-bond acceptors (Lipinski definition) is 5. The third kappa shape index (κ3) is 6.62. The Morgan fingerprint density at radius 3 is 2.24 bits per heavy atom. The molecular weight excluding hydrogens is 452 g/mol. The molecule has 0 aliphatic rings. The Hall–Kier alpha value is -3.78. The highest BCUT2D eigenvalue weighted by molar-refractivity contribution is 8.00. The van der Waals surface area contributed by atoms with Gasteiger partial charge in [0.15, 0.2) is 0 Å². The molecule has 0 aromatic heterocycles. The van der Waals surface area contributed by atoms with E-state index in [1.807, 2.05) is 32.0 Å². The number of nitrogens with one attached hydrogen (secondary N) is 2. The number of rotatable bonds is 10. The second kappa shape index (κ2) is 11.9. The summed E-state index contributed by atoms with van der Waals surface area (Å²) >= 11 is 1.39. The first-order chi connectivity index (χ1) is 16.4. The van der Waals surface area contributed by atoms with E-state index >= 15 is 0 Å². The van der Waals surface area contributed by atoms with Crippen LogP contribution in [0.15, 0.2) is 77.7 Å². The van der Waals surface area contributed by atoms with Gasteiger partial charge in [-0.05, 0) is 67.9 Å². The topological polar surface area (TPSA) is 105 Å². The van der Waals surface area contributed by atoms with Crippen LogP contribution in [-0.4, -0.2) is 34.7 Å². The lowest BCUT2D eigenvalue weighted by atomic mass is 10.1. The SMILES string of the molecule is CCOc1ccc(NC(=O)C(CC)Sc2cccc(NC(=O)c3ccccc3C(=O)O)c2)cc1. The number of anilines is 2. The molecule has 8 heteroatoms. The van der Waals surface area contributed by atoms with Crippen molar-refractivity contribution < 1.29 is 24.2 Å². The Morgan fingerprint density at radius 1 is 0.882 bits per heavy atom. The van der Waals surface area contributed by atoms with Crippen LogP contribution in [0.4, 0.5) is 11.4 Å². The lowest BCUT2D eigenvalue weighted by Crippen LogP contribution is -2.24. The molecule has 7 nitrogen and oxygen atoms in total. The number of aromatic carboxylic acids is 1. The molecule has 3 rings (SSSR count). The lowest BCUT2D eigenvalue weighted by molar-refractivity contribution is -0.115. The highest BCUT2D eigenvalue weighted by atomic mass is 32.2. The number of benzene rings is 3. The average molecular weight is 479 g/mol. The normalized spacial score (nSPS) is 11.4. The number of ether oxygens (including phenoxy) is 1. The number of carboxylic acids is 1. The zero-order valence-corrected chi connectivity index (χ0v) is 19.7. The monoisotopic (exact) mass is 478 g/mol. The summed E-state index contributed by atoms with van der Waals surface area (Å²) in [5, 5.41) is 14.6. The predicted octanol–water partition coefficient (Wildman–Crippen LogP) is 5.55. The molecule has 176 valence electrons. The van der Waals surface area contributed by atoms with Gasteiger partial charge in [0.05, 0.1) is 23.0 Å². The summed E-state index contributed by atoms with van der Waals surface area (Å²) in [7, 11) is 0. The highest BCUT2D eigenvalue weighted by Gasteiger charge is 2.19. The summed E-state index contributed by atoms with van der Waals surface area (Å²) in [5.74, 6) is -1.06. The van der Waals surface area contributed by atoms with E-state index < -0.39 is 11.9 Å². The van der Waals surface area contributed by atoms with Gasteiger partial charge in [-0.3, -0.25) is 9.59 Å². The quantitative estimate of drug-likeness (QED) is 0.330. The van der Waals surface area contributed by atoms with Crippen LogP contribution < -0.4 is 15.4 Å². The molecule has 0 aliphatic carbocycles. The van der Waals surface area contributed by atoms with E-state index in [0.717, 1.165) is 10.6 Å². The second-order valence-corrected chi connectivity index (χ2v) is 8.57. The van der Waals surface area contributed by atoms with Crippen LogP contribution in [0.25, 0.3) is 0 Å². The number of carbonyl (C=O) groups excluding carboxylic acids is 2. The molecular formula is C26H26N2O5S. The van der Waals surface area contributed by atoms with Crippen LogP contribution in [0.3, 0.4) is 0 Å². The van der Waals surface area contributed by atoms with Crippen molar-refractivity contribution in [3.05, 3.63) is 83.9 Å². The van der Waals surface area contributed by atoms with Crippen molar-refractivity contribution >= 4 is 40.9 Å².